The molecule has 7 rings (SSSR count). The fraction of sp³-hybridized carbons (Fsp3) is 0.382. The van der Waals surface area contributed by atoms with Gasteiger partial charge in [0.1, 0.15) is 36.6 Å². The predicted octanol–water partition coefficient (Wildman–Crippen LogP) is 6.40. The van der Waals surface area contributed by atoms with E-state index in [2.05, 4.69) is 5.32 Å². The van der Waals surface area contributed by atoms with Crippen molar-refractivity contribution in [2.75, 3.05) is 20.3 Å². The smallest absolute Gasteiger partial charge is 0.348 e. The summed E-state index contributed by atoms with van der Waals surface area (Å²) in [5, 5.41) is 13.1. The zero-order valence-corrected chi connectivity index (χ0v) is 40.2. The predicted molar refractivity (Wildman–Crippen MR) is 256 cm³/mol. The number of esters is 4. The Labute approximate surface area is 407 Å². The molecule has 2 saturated heterocycles. The van der Waals surface area contributed by atoms with Gasteiger partial charge in [-0.1, -0.05) is 117 Å². The van der Waals surface area contributed by atoms with E-state index in [0.29, 0.717) is 16.7 Å². The molecule has 15 nitrogen and oxygen atoms in total. The van der Waals surface area contributed by atoms with Gasteiger partial charge in [-0.3, -0.25) is 14.4 Å². The van der Waals surface area contributed by atoms with E-state index in [4.69, 9.17) is 28.4 Å². The molecule has 2 N–H and O–H groups in total. The third-order valence-corrected chi connectivity index (χ3v) is 12.2. The number of fused-ring (bicyclic) bond motifs is 1. The van der Waals surface area contributed by atoms with Crippen molar-refractivity contribution in [1.82, 2.24) is 10.2 Å². The summed E-state index contributed by atoms with van der Waals surface area (Å²) >= 11 is 0. The molecule has 0 aromatic heterocycles. The molecule has 2 fully saturated rings. The van der Waals surface area contributed by atoms with Gasteiger partial charge in [0, 0.05) is 54.5 Å². The molecular weight excluding hydrogens is 897 g/mol. The molecule has 4 aromatic rings. The molecule has 0 unspecified atom stereocenters. The van der Waals surface area contributed by atoms with Gasteiger partial charge < -0.3 is 43.7 Å². The quantitative estimate of drug-likeness (QED) is 0.0672. The first-order valence-corrected chi connectivity index (χ1v) is 23.3. The van der Waals surface area contributed by atoms with Crippen molar-refractivity contribution in [2.24, 2.45) is 5.41 Å². The number of carbonyl (C=O) groups is 6. The monoisotopic (exact) mass is 956 g/mol. The van der Waals surface area contributed by atoms with Gasteiger partial charge in [-0.2, -0.15) is 0 Å². The van der Waals surface area contributed by atoms with Crippen LogP contribution in [0, 0.1) is 5.41 Å². The maximum Gasteiger partial charge on any atom is 0.348 e. The van der Waals surface area contributed by atoms with Gasteiger partial charge in [-0.15, -0.1) is 0 Å². The van der Waals surface area contributed by atoms with Crippen LogP contribution in [-0.2, 0) is 64.6 Å². The topological polar surface area (TPSA) is 193 Å². The molecule has 15 heteroatoms. The van der Waals surface area contributed by atoms with Crippen molar-refractivity contribution in [2.45, 2.75) is 108 Å². The van der Waals surface area contributed by atoms with Crippen LogP contribution >= 0.6 is 0 Å². The molecule has 2 amide bonds. The van der Waals surface area contributed by atoms with Crippen LogP contribution in [0.25, 0.3) is 6.08 Å². The Morgan fingerprint density at radius 2 is 1.51 bits per heavy atom. The number of benzene rings is 4. The summed E-state index contributed by atoms with van der Waals surface area (Å²) in [5.41, 5.74) is 1.48. The lowest BCUT2D eigenvalue weighted by Gasteiger charge is -2.34. The zero-order valence-electron chi connectivity index (χ0n) is 40.2. The first-order chi connectivity index (χ1) is 33.4. The standard InChI is InChI=1S/C55H60N2O13/c1-53(2,3)69-46(60)28-26-41(33-58)56-49(61)42(30-35-17-10-7-11-18-35)57(6)50(62)38-31-43(47-44(32-38)68-55(70-47,39-21-12-8-13-22-39)40-23-14-9-15-24-40)66-51(63)37-20-16-19-36(29-37)25-27-45(59)67-48-52(64)65-34-54(48,4)5/h7-25,27,29,32,41-44,47-48,58H,26,28,30-31,33-34H2,1-6H3,(H,56,61)/t41-,42+,43+,44+,47-,48-/m0/s1. The maximum atomic E-state index is 14.9. The van der Waals surface area contributed by atoms with Crippen molar-refractivity contribution in [1.29, 1.82) is 0 Å². The SMILES string of the molecule is CN(C(=O)C1=C[C@H]2OC(c3ccccc3)(c3ccccc3)O[C@H]2[C@H](OC(=O)c2cccc(C=CC(=O)O[C@H]3C(=O)OCC3(C)C)c2)C1)[C@H](Cc1ccccc1)C(=O)N[C@H](CO)CCC(=O)OC(C)(C)C. The number of carbonyl (C=O) groups excluding carboxylic acids is 6. The summed E-state index contributed by atoms with van der Waals surface area (Å²) < 4.78 is 36.1. The minimum atomic E-state index is -1.48. The summed E-state index contributed by atoms with van der Waals surface area (Å²) in [5.74, 6) is -5.19. The Morgan fingerprint density at radius 1 is 0.871 bits per heavy atom. The Kier molecular flexibility index (Phi) is 15.8. The number of cyclic esters (lactones) is 1. The van der Waals surface area contributed by atoms with E-state index in [1.54, 1.807) is 58.9 Å². The van der Waals surface area contributed by atoms with Crippen molar-refractivity contribution in [3.8, 4) is 0 Å². The number of hydrogen-bond donors (Lipinski definition) is 2. The first-order valence-electron chi connectivity index (χ1n) is 23.3. The lowest BCUT2D eigenvalue weighted by atomic mass is 9.90. The highest BCUT2D eigenvalue weighted by molar-refractivity contribution is 5.98. The summed E-state index contributed by atoms with van der Waals surface area (Å²) in [4.78, 5) is 82.3. The van der Waals surface area contributed by atoms with E-state index in [1.807, 2.05) is 91.0 Å². The van der Waals surface area contributed by atoms with Gasteiger partial charge in [0.2, 0.25) is 23.7 Å². The highest BCUT2D eigenvalue weighted by Gasteiger charge is 2.55. The van der Waals surface area contributed by atoms with Crippen LogP contribution in [0.15, 0.2) is 133 Å². The molecule has 70 heavy (non-hydrogen) atoms. The van der Waals surface area contributed by atoms with Crippen molar-refractivity contribution in [3.63, 3.8) is 0 Å². The highest BCUT2D eigenvalue weighted by atomic mass is 16.8. The number of nitrogens with one attached hydrogen (secondary N) is 1. The number of amides is 2. The van der Waals surface area contributed by atoms with Gasteiger partial charge in [0.15, 0.2) is 0 Å². The van der Waals surface area contributed by atoms with Crippen molar-refractivity contribution < 1.29 is 62.3 Å². The van der Waals surface area contributed by atoms with E-state index in [9.17, 15) is 33.9 Å². The molecular formula is C55H60N2O13. The second kappa shape index (κ2) is 21.8. The Balaban J connectivity index is 1.17. The molecule has 1 aliphatic carbocycles. The molecule has 4 aromatic carbocycles. The van der Waals surface area contributed by atoms with Gasteiger partial charge in [0.25, 0.3) is 0 Å². The number of aliphatic hydroxyl groups is 1. The maximum absolute atomic E-state index is 14.9. The van der Waals surface area contributed by atoms with Crippen LogP contribution in [0.3, 0.4) is 0 Å². The Bertz CT molecular complexity index is 2550. The van der Waals surface area contributed by atoms with Crippen LogP contribution in [0.5, 0.6) is 0 Å². The lowest BCUT2D eigenvalue weighted by molar-refractivity contribution is -0.159. The van der Waals surface area contributed by atoms with Crippen molar-refractivity contribution in [3.05, 3.63) is 161 Å². The van der Waals surface area contributed by atoms with E-state index in [1.165, 1.54) is 24.1 Å². The zero-order chi connectivity index (χ0) is 50.2. The second-order valence-corrected chi connectivity index (χ2v) is 19.4. The third kappa shape index (κ3) is 12.3. The van der Waals surface area contributed by atoms with Crippen molar-refractivity contribution >= 4 is 41.8 Å². The van der Waals surface area contributed by atoms with Crippen LogP contribution in [0.4, 0.5) is 0 Å². The lowest BCUT2D eigenvalue weighted by Crippen LogP contribution is -2.53. The number of rotatable bonds is 17. The summed E-state index contributed by atoms with van der Waals surface area (Å²) in [6, 6.07) is 32.2. The minimum Gasteiger partial charge on any atom is -0.462 e. The van der Waals surface area contributed by atoms with E-state index in [-0.39, 0.29) is 43.4 Å². The number of hydrogen-bond acceptors (Lipinski definition) is 13. The Hall–Kier alpha value is -6.94. The molecule has 2 heterocycles. The average Bonchev–Trinajstić information content (AvgIpc) is 3.87. The molecule has 368 valence electrons. The van der Waals surface area contributed by atoms with E-state index in [0.717, 1.165) is 11.6 Å². The minimum absolute atomic E-state index is 0.0556. The number of nitrogens with zero attached hydrogens (tertiary/aromatic N) is 1. The van der Waals surface area contributed by atoms with Gasteiger partial charge in [-0.05, 0) is 62.6 Å². The van der Waals surface area contributed by atoms with E-state index < -0.39 is 95.6 Å². The molecule has 3 aliphatic rings. The first kappa shape index (κ1) is 50.9. The van der Waals surface area contributed by atoms with Gasteiger partial charge in [-0.25, -0.2) is 14.4 Å². The second-order valence-electron chi connectivity index (χ2n) is 19.4. The van der Waals surface area contributed by atoms with Crippen LogP contribution < -0.4 is 5.32 Å². The van der Waals surface area contributed by atoms with Gasteiger partial charge in [0.05, 0.1) is 18.2 Å². The van der Waals surface area contributed by atoms with Crippen LogP contribution in [-0.4, -0.2) is 108 Å². The fourth-order valence-electron chi connectivity index (χ4n) is 8.61. The van der Waals surface area contributed by atoms with Crippen LogP contribution in [0.1, 0.15) is 86.5 Å². The number of ether oxygens (including phenoxy) is 6. The highest BCUT2D eigenvalue weighted by Crippen LogP contribution is 2.47. The molecule has 0 spiro atoms. The largest absolute Gasteiger partial charge is 0.462 e. The molecule has 0 saturated carbocycles. The molecule has 6 atom stereocenters. The Morgan fingerprint density at radius 3 is 2.11 bits per heavy atom. The number of likely N-dealkylation sites (N-methyl/N-ethyl adjacent to an activating group) is 1. The molecule has 2 aliphatic heterocycles. The normalized spacial score (nSPS) is 21.1. The summed E-state index contributed by atoms with van der Waals surface area (Å²) in [7, 11) is 1.51. The molecule has 0 bridgehead atoms. The molecule has 0 radical (unpaired) electrons. The average molecular weight is 957 g/mol. The number of aliphatic hydroxyl groups excluding tert-OH is 1. The summed E-state index contributed by atoms with van der Waals surface area (Å²) in [6.45, 7) is 8.44. The van der Waals surface area contributed by atoms with Crippen LogP contribution in [0.2, 0.25) is 0 Å². The van der Waals surface area contributed by atoms with E-state index >= 15 is 0 Å². The summed E-state index contributed by atoms with van der Waals surface area (Å²) in [6.07, 6.45) is 0.275. The third-order valence-electron chi connectivity index (χ3n) is 12.2. The fourth-order valence-corrected chi connectivity index (χ4v) is 8.61. The van der Waals surface area contributed by atoms with Gasteiger partial charge >= 0.3 is 23.9 Å².